The third-order valence-corrected chi connectivity index (χ3v) is 2.94. The number of amides is 2. The normalized spacial score (nSPS) is 10.4. The molecule has 0 aliphatic carbocycles. The summed E-state index contributed by atoms with van der Waals surface area (Å²) in [6, 6.07) is 6.90. The van der Waals surface area contributed by atoms with Crippen LogP contribution in [0.4, 0.5) is 10.6 Å². The van der Waals surface area contributed by atoms with Crippen LogP contribution >= 0.6 is 0 Å². The molecule has 3 heterocycles. The number of nitrogens with one attached hydrogen (secondary N) is 2. The number of nitrogens with zero attached hydrogens (tertiary/aromatic N) is 4. The van der Waals surface area contributed by atoms with Crippen molar-refractivity contribution >= 4 is 23.0 Å². The molecule has 2 amide bonds. The fraction of sp³-hybridized carbons (Fsp3) is 0.133. The molecule has 0 saturated heterocycles. The van der Waals surface area contributed by atoms with Gasteiger partial charge < -0.3 is 5.32 Å². The second kappa shape index (κ2) is 6.13. The van der Waals surface area contributed by atoms with Crippen LogP contribution in [0.15, 0.2) is 42.9 Å². The third kappa shape index (κ3) is 2.98. The lowest BCUT2D eigenvalue weighted by atomic mass is 10.2. The molecule has 0 aliphatic heterocycles. The van der Waals surface area contributed by atoms with Gasteiger partial charge in [0.1, 0.15) is 11.3 Å². The topological polar surface area (TPSA) is 92.7 Å². The fourth-order valence-corrected chi connectivity index (χ4v) is 1.94. The highest BCUT2D eigenvalue weighted by Crippen LogP contribution is 2.18. The first-order chi connectivity index (χ1) is 10.8. The summed E-state index contributed by atoms with van der Waals surface area (Å²) in [7, 11) is 0. The Balaban J connectivity index is 1.94. The van der Waals surface area contributed by atoms with E-state index in [1.165, 1.54) is 0 Å². The summed E-state index contributed by atoms with van der Waals surface area (Å²) in [5, 5.41) is 5.30. The lowest BCUT2D eigenvalue weighted by molar-refractivity contribution is 0.252. The van der Waals surface area contributed by atoms with Gasteiger partial charge in [-0.15, -0.1) is 0 Å². The number of hydrogen-bond donors (Lipinski definition) is 2. The van der Waals surface area contributed by atoms with Gasteiger partial charge in [-0.25, -0.2) is 14.8 Å². The largest absolute Gasteiger partial charge is 0.338 e. The first-order valence-electron chi connectivity index (χ1n) is 6.85. The van der Waals surface area contributed by atoms with Crippen LogP contribution in [0.25, 0.3) is 22.4 Å². The van der Waals surface area contributed by atoms with Gasteiger partial charge in [-0.1, -0.05) is 0 Å². The van der Waals surface area contributed by atoms with Gasteiger partial charge in [0.2, 0.25) is 0 Å². The summed E-state index contributed by atoms with van der Waals surface area (Å²) < 4.78 is 0. The number of hydrogen-bond acceptors (Lipinski definition) is 5. The first-order valence-corrected chi connectivity index (χ1v) is 6.85. The van der Waals surface area contributed by atoms with Crippen LogP contribution in [-0.4, -0.2) is 32.5 Å². The van der Waals surface area contributed by atoms with Crippen molar-refractivity contribution in [2.75, 3.05) is 11.9 Å². The number of rotatable bonds is 3. The Morgan fingerprint density at radius 3 is 2.86 bits per heavy atom. The van der Waals surface area contributed by atoms with E-state index in [1.807, 2.05) is 19.1 Å². The Hall–Kier alpha value is -3.09. The standard InChI is InChI=1S/C15H14N6O/c1-2-17-15(22)21-13-6-5-11-14(20-13)19-12(9-18-11)10-4-3-7-16-8-10/h3-9H,2H2,1H3,(H2,17,19,20,21,22). The van der Waals surface area contributed by atoms with E-state index < -0.39 is 0 Å². The van der Waals surface area contributed by atoms with Gasteiger partial charge in [-0.2, -0.15) is 0 Å². The van der Waals surface area contributed by atoms with Crippen molar-refractivity contribution in [2.45, 2.75) is 6.92 Å². The second-order valence-electron chi connectivity index (χ2n) is 4.52. The molecule has 0 fully saturated rings. The van der Waals surface area contributed by atoms with Crippen LogP contribution in [0.3, 0.4) is 0 Å². The molecule has 0 aliphatic rings. The number of urea groups is 1. The van der Waals surface area contributed by atoms with Crippen LogP contribution in [0.2, 0.25) is 0 Å². The summed E-state index contributed by atoms with van der Waals surface area (Å²) in [6.45, 7) is 2.39. The molecule has 2 N–H and O–H groups in total. The van der Waals surface area contributed by atoms with Crippen molar-refractivity contribution in [1.82, 2.24) is 25.3 Å². The van der Waals surface area contributed by atoms with Gasteiger partial charge in [0.05, 0.1) is 11.9 Å². The average Bonchev–Trinajstić information content (AvgIpc) is 2.55. The molecule has 0 radical (unpaired) electrons. The van der Waals surface area contributed by atoms with Crippen molar-refractivity contribution in [3.8, 4) is 11.3 Å². The quantitative estimate of drug-likeness (QED) is 0.772. The van der Waals surface area contributed by atoms with Crippen LogP contribution in [0.5, 0.6) is 0 Å². The smallest absolute Gasteiger partial charge is 0.320 e. The van der Waals surface area contributed by atoms with E-state index >= 15 is 0 Å². The maximum absolute atomic E-state index is 11.5. The SMILES string of the molecule is CCNC(=O)Nc1ccc2ncc(-c3cccnc3)nc2n1. The second-order valence-corrected chi connectivity index (χ2v) is 4.52. The Labute approximate surface area is 126 Å². The lowest BCUT2D eigenvalue weighted by Crippen LogP contribution is -2.28. The van der Waals surface area contributed by atoms with E-state index in [0.717, 1.165) is 5.56 Å². The zero-order chi connectivity index (χ0) is 15.4. The van der Waals surface area contributed by atoms with Gasteiger partial charge in [0.25, 0.3) is 0 Å². The molecular weight excluding hydrogens is 280 g/mol. The molecule has 0 atom stereocenters. The molecule has 0 spiro atoms. The number of pyridine rings is 2. The average molecular weight is 294 g/mol. The van der Waals surface area contributed by atoms with Crippen LogP contribution in [-0.2, 0) is 0 Å². The summed E-state index contributed by atoms with van der Waals surface area (Å²) in [4.78, 5) is 28.7. The van der Waals surface area contributed by atoms with Crippen LogP contribution in [0.1, 0.15) is 6.92 Å². The molecule has 0 unspecified atom stereocenters. The molecule has 22 heavy (non-hydrogen) atoms. The fourth-order valence-electron chi connectivity index (χ4n) is 1.94. The summed E-state index contributed by atoms with van der Waals surface area (Å²) in [6.07, 6.45) is 5.09. The summed E-state index contributed by atoms with van der Waals surface area (Å²) in [5.74, 6) is 0.427. The number of carbonyl (C=O) groups is 1. The molecule has 3 aromatic heterocycles. The van der Waals surface area contributed by atoms with Crippen molar-refractivity contribution < 1.29 is 4.79 Å². The summed E-state index contributed by atoms with van der Waals surface area (Å²) in [5.41, 5.74) is 2.67. The molecule has 0 bridgehead atoms. The molecular formula is C15H14N6O. The molecule has 110 valence electrons. The zero-order valence-corrected chi connectivity index (χ0v) is 11.9. The van der Waals surface area contributed by atoms with E-state index in [9.17, 15) is 4.79 Å². The Morgan fingerprint density at radius 1 is 1.18 bits per heavy atom. The number of carbonyl (C=O) groups excluding carboxylic acids is 1. The molecule has 3 rings (SSSR count). The Kier molecular flexibility index (Phi) is 3.86. The number of anilines is 1. The van der Waals surface area contributed by atoms with Crippen molar-refractivity contribution in [1.29, 1.82) is 0 Å². The highest BCUT2D eigenvalue weighted by Gasteiger charge is 2.06. The lowest BCUT2D eigenvalue weighted by Gasteiger charge is -2.06. The van der Waals surface area contributed by atoms with Crippen molar-refractivity contribution in [3.63, 3.8) is 0 Å². The Morgan fingerprint density at radius 2 is 2.09 bits per heavy atom. The predicted octanol–water partition coefficient (Wildman–Crippen LogP) is 2.23. The molecule has 7 nitrogen and oxygen atoms in total. The van der Waals surface area contributed by atoms with E-state index in [4.69, 9.17) is 0 Å². The molecule has 3 aromatic rings. The van der Waals surface area contributed by atoms with Gasteiger partial charge in [0.15, 0.2) is 5.65 Å². The first kappa shape index (κ1) is 13.9. The predicted molar refractivity (Wildman–Crippen MR) is 83.3 cm³/mol. The minimum Gasteiger partial charge on any atom is -0.338 e. The summed E-state index contributed by atoms with van der Waals surface area (Å²) >= 11 is 0. The minimum atomic E-state index is -0.300. The highest BCUT2D eigenvalue weighted by molar-refractivity contribution is 5.89. The number of fused-ring (bicyclic) bond motifs is 1. The van der Waals surface area contributed by atoms with Gasteiger partial charge in [-0.3, -0.25) is 15.3 Å². The van der Waals surface area contributed by atoms with Crippen LogP contribution < -0.4 is 10.6 Å². The molecule has 0 saturated carbocycles. The van der Waals surface area contributed by atoms with Crippen molar-refractivity contribution in [3.05, 3.63) is 42.9 Å². The van der Waals surface area contributed by atoms with E-state index in [2.05, 4.69) is 30.6 Å². The third-order valence-electron chi connectivity index (χ3n) is 2.94. The van der Waals surface area contributed by atoms with Gasteiger partial charge in [0, 0.05) is 24.5 Å². The van der Waals surface area contributed by atoms with Crippen LogP contribution in [0, 0.1) is 0 Å². The molecule has 7 heteroatoms. The van der Waals surface area contributed by atoms with E-state index in [0.29, 0.717) is 29.2 Å². The highest BCUT2D eigenvalue weighted by atomic mass is 16.2. The van der Waals surface area contributed by atoms with E-state index in [1.54, 1.807) is 30.7 Å². The monoisotopic (exact) mass is 294 g/mol. The van der Waals surface area contributed by atoms with Crippen molar-refractivity contribution in [2.24, 2.45) is 0 Å². The van der Waals surface area contributed by atoms with Gasteiger partial charge >= 0.3 is 6.03 Å². The Bertz CT molecular complexity index is 805. The van der Waals surface area contributed by atoms with E-state index in [-0.39, 0.29) is 6.03 Å². The van der Waals surface area contributed by atoms with Gasteiger partial charge in [-0.05, 0) is 31.2 Å². The maximum Gasteiger partial charge on any atom is 0.320 e. The minimum absolute atomic E-state index is 0.300. The maximum atomic E-state index is 11.5. The number of aromatic nitrogens is 4. The zero-order valence-electron chi connectivity index (χ0n) is 11.9. The molecule has 0 aromatic carbocycles.